The summed E-state index contributed by atoms with van der Waals surface area (Å²) in [5.41, 5.74) is -1.05. The van der Waals surface area contributed by atoms with E-state index >= 15 is 0 Å². The molecule has 0 aliphatic rings. The number of nitrogens with one attached hydrogen (secondary N) is 1. The molecule has 28 heavy (non-hydrogen) atoms. The standard InChI is InChI=1S/C19H15F3N2O4/c1-26-14-8-7-11(9-15(14)27-2)17-16(23-10-28-17)18(25)24-13-6-4-3-5-12(13)19(20,21)22/h3-10H,1-2H3,(H,24,25). The fourth-order valence-corrected chi connectivity index (χ4v) is 2.61. The molecule has 2 aromatic carbocycles. The maximum Gasteiger partial charge on any atom is 0.418 e. The topological polar surface area (TPSA) is 73.6 Å². The van der Waals surface area contributed by atoms with Crippen molar-refractivity contribution in [2.75, 3.05) is 19.5 Å². The predicted molar refractivity (Wildman–Crippen MR) is 94.4 cm³/mol. The number of rotatable bonds is 5. The lowest BCUT2D eigenvalue weighted by Crippen LogP contribution is -2.17. The molecule has 0 radical (unpaired) electrons. The van der Waals surface area contributed by atoms with Crippen molar-refractivity contribution >= 4 is 11.6 Å². The summed E-state index contributed by atoms with van der Waals surface area (Å²) in [4.78, 5) is 16.4. The number of aromatic nitrogens is 1. The van der Waals surface area contributed by atoms with Crippen molar-refractivity contribution in [3.63, 3.8) is 0 Å². The molecule has 1 aromatic heterocycles. The van der Waals surface area contributed by atoms with Crippen LogP contribution in [0.3, 0.4) is 0 Å². The molecule has 6 nitrogen and oxygen atoms in total. The lowest BCUT2D eigenvalue weighted by atomic mass is 10.1. The smallest absolute Gasteiger partial charge is 0.418 e. The van der Waals surface area contributed by atoms with Crippen LogP contribution in [0.5, 0.6) is 11.5 Å². The van der Waals surface area contributed by atoms with Gasteiger partial charge in [-0.15, -0.1) is 0 Å². The second-order valence-corrected chi connectivity index (χ2v) is 5.60. The lowest BCUT2D eigenvalue weighted by molar-refractivity contribution is -0.136. The van der Waals surface area contributed by atoms with Gasteiger partial charge in [0.25, 0.3) is 5.91 Å². The maximum absolute atomic E-state index is 13.1. The van der Waals surface area contributed by atoms with Gasteiger partial charge in [-0.2, -0.15) is 13.2 Å². The van der Waals surface area contributed by atoms with Crippen LogP contribution < -0.4 is 14.8 Å². The van der Waals surface area contributed by atoms with Gasteiger partial charge in [0.2, 0.25) is 0 Å². The average molecular weight is 392 g/mol. The molecule has 146 valence electrons. The molecule has 1 amide bonds. The highest BCUT2D eigenvalue weighted by molar-refractivity contribution is 6.06. The van der Waals surface area contributed by atoms with E-state index in [0.29, 0.717) is 17.1 Å². The third-order valence-corrected chi connectivity index (χ3v) is 3.91. The maximum atomic E-state index is 13.1. The minimum absolute atomic E-state index is 0.0861. The van der Waals surface area contributed by atoms with Gasteiger partial charge in [0.05, 0.1) is 25.5 Å². The Balaban J connectivity index is 1.94. The number of methoxy groups -OCH3 is 2. The van der Waals surface area contributed by atoms with Crippen LogP contribution in [0.4, 0.5) is 18.9 Å². The Morgan fingerprint density at radius 2 is 1.79 bits per heavy atom. The van der Waals surface area contributed by atoms with E-state index in [-0.39, 0.29) is 17.1 Å². The van der Waals surface area contributed by atoms with Crippen LogP contribution in [-0.2, 0) is 6.18 Å². The number of hydrogen-bond donors (Lipinski definition) is 1. The van der Waals surface area contributed by atoms with Gasteiger partial charge in [0.15, 0.2) is 29.3 Å². The molecular weight excluding hydrogens is 377 g/mol. The fraction of sp³-hybridized carbons (Fsp3) is 0.158. The Hall–Kier alpha value is -3.49. The Labute approximate surface area is 157 Å². The molecular formula is C19H15F3N2O4. The molecule has 0 saturated heterocycles. The minimum Gasteiger partial charge on any atom is -0.493 e. The highest BCUT2D eigenvalue weighted by atomic mass is 19.4. The first kappa shape index (κ1) is 19.3. The summed E-state index contributed by atoms with van der Waals surface area (Å²) in [6.45, 7) is 0. The number of halogens is 3. The van der Waals surface area contributed by atoms with E-state index in [0.717, 1.165) is 18.5 Å². The van der Waals surface area contributed by atoms with Crippen molar-refractivity contribution in [3.8, 4) is 22.8 Å². The van der Waals surface area contributed by atoms with Crippen molar-refractivity contribution < 1.29 is 31.9 Å². The molecule has 0 saturated carbocycles. The number of para-hydroxylation sites is 1. The van der Waals surface area contributed by atoms with Gasteiger partial charge in [0.1, 0.15) is 0 Å². The summed E-state index contributed by atoms with van der Waals surface area (Å²) in [5.74, 6) is 0.110. The number of oxazole rings is 1. The molecule has 9 heteroatoms. The number of ether oxygens (including phenoxy) is 2. The van der Waals surface area contributed by atoms with Crippen molar-refractivity contribution in [2.45, 2.75) is 6.18 Å². The second kappa shape index (κ2) is 7.63. The first-order valence-electron chi connectivity index (χ1n) is 7.98. The summed E-state index contributed by atoms with van der Waals surface area (Å²) in [6, 6.07) is 9.47. The van der Waals surface area contributed by atoms with E-state index in [9.17, 15) is 18.0 Å². The van der Waals surface area contributed by atoms with Gasteiger partial charge in [-0.1, -0.05) is 12.1 Å². The van der Waals surface area contributed by atoms with Gasteiger partial charge in [0, 0.05) is 5.56 Å². The zero-order chi connectivity index (χ0) is 20.3. The quantitative estimate of drug-likeness (QED) is 0.685. The highest BCUT2D eigenvalue weighted by Crippen LogP contribution is 2.36. The zero-order valence-electron chi connectivity index (χ0n) is 14.8. The largest absolute Gasteiger partial charge is 0.493 e. The van der Waals surface area contributed by atoms with E-state index in [4.69, 9.17) is 13.9 Å². The van der Waals surface area contributed by atoms with Crippen LogP contribution in [0, 0.1) is 0 Å². The summed E-state index contributed by atoms with van der Waals surface area (Å²) < 4.78 is 55.0. The number of anilines is 1. The third-order valence-electron chi connectivity index (χ3n) is 3.91. The molecule has 0 aliphatic heterocycles. The summed E-state index contributed by atoms with van der Waals surface area (Å²) in [5, 5.41) is 2.24. The number of carbonyl (C=O) groups is 1. The highest BCUT2D eigenvalue weighted by Gasteiger charge is 2.34. The van der Waals surface area contributed by atoms with Crippen molar-refractivity contribution in [1.82, 2.24) is 4.98 Å². The fourth-order valence-electron chi connectivity index (χ4n) is 2.61. The van der Waals surface area contributed by atoms with Gasteiger partial charge < -0.3 is 19.2 Å². The van der Waals surface area contributed by atoms with E-state index in [1.807, 2.05) is 0 Å². The Bertz CT molecular complexity index is 999. The number of hydrogen-bond acceptors (Lipinski definition) is 5. The van der Waals surface area contributed by atoms with Crippen molar-refractivity contribution in [1.29, 1.82) is 0 Å². The van der Waals surface area contributed by atoms with Crippen LogP contribution in [0.1, 0.15) is 16.1 Å². The molecule has 0 bridgehead atoms. The van der Waals surface area contributed by atoms with Gasteiger partial charge in [-0.25, -0.2) is 4.98 Å². The summed E-state index contributed by atoms with van der Waals surface area (Å²) in [7, 11) is 2.92. The molecule has 0 unspecified atom stereocenters. The van der Waals surface area contributed by atoms with E-state index in [1.165, 1.54) is 26.4 Å². The Morgan fingerprint density at radius 1 is 1.07 bits per heavy atom. The van der Waals surface area contributed by atoms with Crippen molar-refractivity contribution in [2.24, 2.45) is 0 Å². The predicted octanol–water partition coefficient (Wildman–Crippen LogP) is 4.63. The molecule has 0 atom stereocenters. The van der Waals surface area contributed by atoms with Crippen molar-refractivity contribution in [3.05, 3.63) is 60.1 Å². The second-order valence-electron chi connectivity index (χ2n) is 5.60. The van der Waals surface area contributed by atoms with Gasteiger partial charge >= 0.3 is 6.18 Å². The molecule has 3 aromatic rings. The SMILES string of the molecule is COc1ccc(-c2ocnc2C(=O)Nc2ccccc2C(F)(F)F)cc1OC. The first-order chi connectivity index (χ1) is 13.3. The van der Waals surface area contributed by atoms with E-state index < -0.39 is 17.6 Å². The summed E-state index contributed by atoms with van der Waals surface area (Å²) in [6.07, 6.45) is -3.57. The van der Waals surface area contributed by atoms with Gasteiger partial charge in [-0.05, 0) is 30.3 Å². The molecule has 1 N–H and O–H groups in total. The Morgan fingerprint density at radius 3 is 2.46 bits per heavy atom. The molecule has 3 rings (SSSR count). The van der Waals surface area contributed by atoms with Crippen LogP contribution in [0.25, 0.3) is 11.3 Å². The van der Waals surface area contributed by atoms with E-state index in [2.05, 4.69) is 10.3 Å². The zero-order valence-corrected chi connectivity index (χ0v) is 14.8. The van der Waals surface area contributed by atoms with Crippen LogP contribution >= 0.6 is 0 Å². The molecule has 0 spiro atoms. The van der Waals surface area contributed by atoms with Gasteiger partial charge in [-0.3, -0.25) is 4.79 Å². The molecule has 0 fully saturated rings. The van der Waals surface area contributed by atoms with Crippen LogP contribution in [0.15, 0.2) is 53.3 Å². The number of alkyl halides is 3. The van der Waals surface area contributed by atoms with Crippen LogP contribution in [0.2, 0.25) is 0 Å². The number of nitrogens with zero attached hydrogens (tertiary/aromatic N) is 1. The number of amides is 1. The van der Waals surface area contributed by atoms with Crippen LogP contribution in [-0.4, -0.2) is 25.1 Å². The monoisotopic (exact) mass is 392 g/mol. The Kier molecular flexibility index (Phi) is 5.25. The molecule has 0 aliphatic carbocycles. The average Bonchev–Trinajstić information content (AvgIpc) is 3.17. The third kappa shape index (κ3) is 3.78. The molecule has 1 heterocycles. The lowest BCUT2D eigenvalue weighted by Gasteiger charge is -2.13. The number of benzene rings is 2. The number of carbonyl (C=O) groups excluding carboxylic acids is 1. The van der Waals surface area contributed by atoms with E-state index in [1.54, 1.807) is 18.2 Å². The normalized spacial score (nSPS) is 11.2. The minimum atomic E-state index is -4.61. The summed E-state index contributed by atoms with van der Waals surface area (Å²) >= 11 is 0. The first-order valence-corrected chi connectivity index (χ1v) is 7.98.